The third-order valence-corrected chi connectivity index (χ3v) is 2.54. The van der Waals surface area contributed by atoms with Crippen molar-refractivity contribution >= 4 is 5.69 Å². The number of hydrogen-bond donors (Lipinski definition) is 1. The number of benzene rings is 1. The Morgan fingerprint density at radius 1 is 1.56 bits per heavy atom. The van der Waals surface area contributed by atoms with E-state index in [4.69, 9.17) is 5.73 Å². The summed E-state index contributed by atoms with van der Waals surface area (Å²) in [6, 6.07) is 4.07. The predicted octanol–water partition coefficient (Wildman–Crippen LogP) is 2.40. The number of nitrogens with zero attached hydrogens (tertiary/aromatic N) is 1. The maximum atomic E-state index is 13.2. The second-order valence-electron chi connectivity index (χ2n) is 3.75. The van der Waals surface area contributed by atoms with E-state index in [9.17, 15) is 14.5 Å². The van der Waals surface area contributed by atoms with E-state index in [0.717, 1.165) is 18.4 Å². The van der Waals surface area contributed by atoms with Crippen LogP contribution in [0, 0.1) is 15.9 Å². The molecule has 0 fully saturated rings. The Hall–Kier alpha value is -1.49. The first kappa shape index (κ1) is 12.6. The fourth-order valence-electron chi connectivity index (χ4n) is 1.41. The maximum absolute atomic E-state index is 13.2. The molecule has 0 heterocycles. The van der Waals surface area contributed by atoms with Gasteiger partial charge in [-0.2, -0.15) is 4.39 Å². The van der Waals surface area contributed by atoms with Crippen molar-refractivity contribution < 1.29 is 9.31 Å². The topological polar surface area (TPSA) is 69.2 Å². The molecular formula is C11H15FN2O2. The average molecular weight is 226 g/mol. The van der Waals surface area contributed by atoms with Crippen LogP contribution in [0.5, 0.6) is 0 Å². The van der Waals surface area contributed by atoms with Crippen LogP contribution in [0.2, 0.25) is 0 Å². The highest BCUT2D eigenvalue weighted by Crippen LogP contribution is 2.19. The highest BCUT2D eigenvalue weighted by Gasteiger charge is 2.13. The predicted molar refractivity (Wildman–Crippen MR) is 59.6 cm³/mol. The normalized spacial score (nSPS) is 12.4. The Bertz CT molecular complexity index is 382. The molecule has 1 aromatic carbocycles. The summed E-state index contributed by atoms with van der Waals surface area (Å²) in [7, 11) is 0. The van der Waals surface area contributed by atoms with Gasteiger partial charge in [0.15, 0.2) is 0 Å². The van der Waals surface area contributed by atoms with E-state index in [0.29, 0.717) is 6.42 Å². The van der Waals surface area contributed by atoms with Crippen molar-refractivity contribution in [3.63, 3.8) is 0 Å². The lowest BCUT2D eigenvalue weighted by Gasteiger charge is -2.08. The van der Waals surface area contributed by atoms with Gasteiger partial charge in [-0.1, -0.05) is 13.0 Å². The molecule has 0 aromatic heterocycles. The summed E-state index contributed by atoms with van der Waals surface area (Å²) in [5, 5.41) is 10.4. The van der Waals surface area contributed by atoms with E-state index in [1.165, 1.54) is 12.1 Å². The Morgan fingerprint density at radius 2 is 2.25 bits per heavy atom. The number of nitro groups is 1. The third-order valence-electron chi connectivity index (χ3n) is 2.54. The molecule has 1 aromatic rings. The molecule has 0 aliphatic heterocycles. The highest BCUT2D eigenvalue weighted by molar-refractivity contribution is 5.35. The molecule has 2 N–H and O–H groups in total. The van der Waals surface area contributed by atoms with Gasteiger partial charge in [0.05, 0.1) is 4.92 Å². The van der Waals surface area contributed by atoms with Crippen molar-refractivity contribution in [2.45, 2.75) is 32.2 Å². The fraction of sp³-hybridized carbons (Fsp3) is 0.455. The van der Waals surface area contributed by atoms with Gasteiger partial charge in [0.25, 0.3) is 0 Å². The van der Waals surface area contributed by atoms with Gasteiger partial charge in [-0.15, -0.1) is 0 Å². The van der Waals surface area contributed by atoms with Crippen LogP contribution in [-0.2, 0) is 6.42 Å². The van der Waals surface area contributed by atoms with Crippen LogP contribution in [0.25, 0.3) is 0 Å². The molecule has 0 amide bonds. The Kier molecular flexibility index (Phi) is 4.37. The molecule has 0 saturated carbocycles. The molecule has 0 aliphatic rings. The molecule has 0 saturated heterocycles. The Labute approximate surface area is 93.4 Å². The molecule has 16 heavy (non-hydrogen) atoms. The van der Waals surface area contributed by atoms with Crippen molar-refractivity contribution in [1.29, 1.82) is 0 Å². The molecule has 88 valence electrons. The molecule has 1 unspecified atom stereocenters. The molecule has 0 bridgehead atoms. The first-order valence-electron chi connectivity index (χ1n) is 5.23. The number of nitrogens with two attached hydrogens (primary N) is 1. The molecular weight excluding hydrogens is 211 g/mol. The van der Waals surface area contributed by atoms with Crippen LogP contribution < -0.4 is 5.73 Å². The van der Waals surface area contributed by atoms with Crippen molar-refractivity contribution in [3.8, 4) is 0 Å². The number of halogens is 1. The molecule has 0 spiro atoms. The van der Waals surface area contributed by atoms with Gasteiger partial charge in [0.2, 0.25) is 5.82 Å². The van der Waals surface area contributed by atoms with Gasteiger partial charge in [0.1, 0.15) is 0 Å². The van der Waals surface area contributed by atoms with Gasteiger partial charge >= 0.3 is 5.69 Å². The average Bonchev–Trinajstić information content (AvgIpc) is 2.25. The summed E-state index contributed by atoms with van der Waals surface area (Å²) in [4.78, 5) is 9.67. The minimum Gasteiger partial charge on any atom is -0.328 e. The second-order valence-corrected chi connectivity index (χ2v) is 3.75. The lowest BCUT2D eigenvalue weighted by atomic mass is 10.0. The molecule has 1 rings (SSSR count). The first-order valence-corrected chi connectivity index (χ1v) is 5.23. The van der Waals surface area contributed by atoms with Crippen LogP contribution in [0.1, 0.15) is 25.3 Å². The SMILES string of the molecule is CCC(N)CCc1ccc([N+](=O)[O-])c(F)c1. The summed E-state index contributed by atoms with van der Waals surface area (Å²) in [5.74, 6) is -0.785. The maximum Gasteiger partial charge on any atom is 0.304 e. The number of hydrogen-bond acceptors (Lipinski definition) is 3. The standard InChI is InChI=1S/C11H15FN2O2/c1-2-9(13)5-3-8-4-6-11(14(15)16)10(12)7-8/h4,6-7,9H,2-3,5,13H2,1H3. The van der Waals surface area contributed by atoms with Crippen LogP contribution in [0.4, 0.5) is 10.1 Å². The van der Waals surface area contributed by atoms with Gasteiger partial charge in [-0.3, -0.25) is 10.1 Å². The van der Waals surface area contributed by atoms with Gasteiger partial charge in [0, 0.05) is 12.1 Å². The summed E-state index contributed by atoms with van der Waals surface area (Å²) in [5.41, 5.74) is 5.99. The summed E-state index contributed by atoms with van der Waals surface area (Å²) >= 11 is 0. The van der Waals surface area contributed by atoms with E-state index in [2.05, 4.69) is 0 Å². The van der Waals surface area contributed by atoms with Gasteiger partial charge < -0.3 is 5.73 Å². The molecule has 5 heteroatoms. The lowest BCUT2D eigenvalue weighted by molar-refractivity contribution is -0.387. The Morgan fingerprint density at radius 3 is 2.75 bits per heavy atom. The van der Waals surface area contributed by atoms with Crippen molar-refractivity contribution in [2.24, 2.45) is 5.73 Å². The van der Waals surface area contributed by atoms with E-state index in [1.54, 1.807) is 6.07 Å². The summed E-state index contributed by atoms with van der Waals surface area (Å²) < 4.78 is 13.2. The third kappa shape index (κ3) is 3.27. The number of rotatable bonds is 5. The van der Waals surface area contributed by atoms with Crippen LogP contribution >= 0.6 is 0 Å². The van der Waals surface area contributed by atoms with Gasteiger partial charge in [-0.05, 0) is 30.9 Å². The van der Waals surface area contributed by atoms with E-state index >= 15 is 0 Å². The quantitative estimate of drug-likeness (QED) is 0.619. The summed E-state index contributed by atoms with van der Waals surface area (Å²) in [6.45, 7) is 1.99. The lowest BCUT2D eigenvalue weighted by Crippen LogP contribution is -2.19. The molecule has 0 aliphatic carbocycles. The van der Waals surface area contributed by atoms with Crippen LogP contribution in [-0.4, -0.2) is 11.0 Å². The monoisotopic (exact) mass is 226 g/mol. The van der Waals surface area contributed by atoms with Crippen molar-refractivity contribution in [3.05, 3.63) is 39.7 Å². The van der Waals surface area contributed by atoms with Crippen molar-refractivity contribution in [2.75, 3.05) is 0 Å². The fourth-order valence-corrected chi connectivity index (χ4v) is 1.41. The van der Waals surface area contributed by atoms with E-state index in [-0.39, 0.29) is 6.04 Å². The minimum absolute atomic E-state index is 0.0956. The zero-order valence-electron chi connectivity index (χ0n) is 9.15. The second kappa shape index (κ2) is 5.55. The number of nitro benzene ring substituents is 1. The van der Waals surface area contributed by atoms with Gasteiger partial charge in [-0.25, -0.2) is 0 Å². The first-order chi connectivity index (χ1) is 7.54. The zero-order chi connectivity index (χ0) is 12.1. The van der Waals surface area contributed by atoms with Crippen LogP contribution in [0.3, 0.4) is 0 Å². The van der Waals surface area contributed by atoms with Crippen LogP contribution in [0.15, 0.2) is 18.2 Å². The van der Waals surface area contributed by atoms with E-state index < -0.39 is 16.4 Å². The largest absolute Gasteiger partial charge is 0.328 e. The molecule has 0 radical (unpaired) electrons. The molecule has 1 atom stereocenters. The smallest absolute Gasteiger partial charge is 0.304 e. The highest BCUT2D eigenvalue weighted by atomic mass is 19.1. The number of aryl methyl sites for hydroxylation is 1. The molecule has 4 nitrogen and oxygen atoms in total. The van der Waals surface area contributed by atoms with E-state index in [1.807, 2.05) is 6.92 Å². The minimum atomic E-state index is -0.785. The Balaban J connectivity index is 2.70. The van der Waals surface area contributed by atoms with Crippen molar-refractivity contribution in [1.82, 2.24) is 0 Å². The zero-order valence-corrected chi connectivity index (χ0v) is 9.15. The summed E-state index contributed by atoms with van der Waals surface area (Å²) in [6.07, 6.45) is 2.27.